The van der Waals surface area contributed by atoms with Crippen LogP contribution in [0.25, 0.3) is 0 Å². The minimum absolute atomic E-state index is 0.132. The average Bonchev–Trinajstić information content (AvgIpc) is 2.16. The Hall–Kier alpha value is -0.570. The van der Waals surface area contributed by atoms with Crippen molar-refractivity contribution >= 4 is 11.6 Å². The third-order valence-corrected chi connectivity index (χ3v) is 3.37. The summed E-state index contributed by atoms with van der Waals surface area (Å²) in [5, 5.41) is 0.801. The first-order valence-electron chi connectivity index (χ1n) is 5.33. The number of likely N-dealkylation sites (N-methyl/N-ethyl adjacent to an activating group) is 1. The lowest BCUT2D eigenvalue weighted by atomic mass is 9.89. The first-order valence-corrected chi connectivity index (χ1v) is 5.71. The molecular weight excluding hydrogens is 208 g/mol. The number of hydrogen-bond acceptors (Lipinski definition) is 2. The van der Waals surface area contributed by atoms with Crippen LogP contribution >= 0.6 is 11.6 Å². The van der Waals surface area contributed by atoms with E-state index in [1.165, 1.54) is 11.1 Å². The minimum Gasteiger partial charge on any atom is -0.326 e. The quantitative estimate of drug-likeness (QED) is 0.793. The number of nitrogens with two attached hydrogens (primary N) is 1. The Morgan fingerprint density at radius 3 is 2.93 bits per heavy atom. The van der Waals surface area contributed by atoms with Crippen LogP contribution in [0.4, 0.5) is 0 Å². The summed E-state index contributed by atoms with van der Waals surface area (Å²) < 4.78 is 0. The zero-order valence-electron chi connectivity index (χ0n) is 9.20. The van der Waals surface area contributed by atoms with Gasteiger partial charge in [0, 0.05) is 23.7 Å². The van der Waals surface area contributed by atoms with Crippen molar-refractivity contribution in [3.05, 3.63) is 34.3 Å². The van der Waals surface area contributed by atoms with Crippen LogP contribution in [0.2, 0.25) is 5.02 Å². The van der Waals surface area contributed by atoms with Gasteiger partial charge >= 0.3 is 0 Å². The largest absolute Gasteiger partial charge is 0.326 e. The van der Waals surface area contributed by atoms with E-state index < -0.39 is 0 Å². The summed E-state index contributed by atoms with van der Waals surface area (Å²) in [6, 6.07) is 6.57. The summed E-state index contributed by atoms with van der Waals surface area (Å²) in [7, 11) is 2.12. The summed E-state index contributed by atoms with van der Waals surface area (Å²) in [6.07, 6.45) is 1.09. The molecular formula is C12H17ClN2. The van der Waals surface area contributed by atoms with Crippen molar-refractivity contribution < 1.29 is 0 Å². The molecule has 2 unspecified atom stereocenters. The highest BCUT2D eigenvalue weighted by Crippen LogP contribution is 2.32. The molecule has 0 fully saturated rings. The first-order chi connectivity index (χ1) is 7.09. The Labute approximate surface area is 96.0 Å². The summed E-state index contributed by atoms with van der Waals surface area (Å²) in [4.78, 5) is 2.31. The SMILES string of the molecule is CC(N)C1c2cc(Cl)ccc2CCN1C. The zero-order valence-corrected chi connectivity index (χ0v) is 9.96. The van der Waals surface area contributed by atoms with E-state index in [1.807, 2.05) is 6.07 Å². The average molecular weight is 225 g/mol. The van der Waals surface area contributed by atoms with Gasteiger partial charge in [-0.05, 0) is 43.7 Å². The van der Waals surface area contributed by atoms with Crippen molar-refractivity contribution in [2.24, 2.45) is 5.73 Å². The fourth-order valence-electron chi connectivity index (χ4n) is 2.43. The molecule has 2 rings (SSSR count). The number of hydrogen-bond donors (Lipinski definition) is 1. The summed E-state index contributed by atoms with van der Waals surface area (Å²) in [5.41, 5.74) is 8.72. The lowest BCUT2D eigenvalue weighted by Gasteiger charge is -2.37. The molecule has 2 N–H and O–H groups in total. The Kier molecular flexibility index (Phi) is 3.01. The molecule has 1 aromatic rings. The van der Waals surface area contributed by atoms with E-state index in [0.29, 0.717) is 6.04 Å². The number of fused-ring (bicyclic) bond motifs is 1. The van der Waals surface area contributed by atoms with Crippen LogP contribution in [0.3, 0.4) is 0 Å². The van der Waals surface area contributed by atoms with E-state index in [2.05, 4.69) is 31.0 Å². The smallest absolute Gasteiger partial charge is 0.0496 e. The summed E-state index contributed by atoms with van der Waals surface area (Å²) >= 11 is 6.04. The van der Waals surface area contributed by atoms with Gasteiger partial charge in [0.25, 0.3) is 0 Å². The van der Waals surface area contributed by atoms with E-state index in [4.69, 9.17) is 17.3 Å². The van der Waals surface area contributed by atoms with Gasteiger partial charge in [0.1, 0.15) is 0 Å². The highest BCUT2D eigenvalue weighted by Gasteiger charge is 2.27. The molecule has 2 nitrogen and oxygen atoms in total. The van der Waals surface area contributed by atoms with Crippen LogP contribution in [0.1, 0.15) is 24.1 Å². The standard InChI is InChI=1S/C12H17ClN2/c1-8(14)12-11-7-10(13)4-3-9(11)5-6-15(12)2/h3-4,7-8,12H,5-6,14H2,1-2H3. The van der Waals surface area contributed by atoms with Crippen LogP contribution in [-0.2, 0) is 6.42 Å². The summed E-state index contributed by atoms with van der Waals surface area (Å²) in [5.74, 6) is 0. The van der Waals surface area contributed by atoms with Gasteiger partial charge in [-0.3, -0.25) is 4.90 Å². The molecule has 0 amide bonds. The van der Waals surface area contributed by atoms with Crippen LogP contribution in [0, 0.1) is 0 Å². The van der Waals surface area contributed by atoms with E-state index in [9.17, 15) is 0 Å². The molecule has 0 radical (unpaired) electrons. The zero-order chi connectivity index (χ0) is 11.0. The van der Waals surface area contributed by atoms with Gasteiger partial charge in [0.15, 0.2) is 0 Å². The van der Waals surface area contributed by atoms with Crippen molar-refractivity contribution in [3.63, 3.8) is 0 Å². The molecule has 1 aliphatic rings. The Balaban J connectivity index is 2.46. The number of halogens is 1. The van der Waals surface area contributed by atoms with Gasteiger partial charge in [-0.25, -0.2) is 0 Å². The highest BCUT2D eigenvalue weighted by molar-refractivity contribution is 6.30. The minimum atomic E-state index is 0.132. The molecule has 2 atom stereocenters. The topological polar surface area (TPSA) is 29.3 Å². The van der Waals surface area contributed by atoms with Crippen molar-refractivity contribution in [1.29, 1.82) is 0 Å². The van der Waals surface area contributed by atoms with Gasteiger partial charge < -0.3 is 5.73 Å². The summed E-state index contributed by atoms with van der Waals surface area (Å²) in [6.45, 7) is 3.12. The van der Waals surface area contributed by atoms with Crippen LogP contribution in [0.15, 0.2) is 18.2 Å². The third kappa shape index (κ3) is 2.03. The second kappa shape index (κ2) is 4.12. The van der Waals surface area contributed by atoms with E-state index >= 15 is 0 Å². The molecule has 0 bridgehead atoms. The molecule has 15 heavy (non-hydrogen) atoms. The van der Waals surface area contributed by atoms with Crippen molar-refractivity contribution in [2.75, 3.05) is 13.6 Å². The maximum absolute atomic E-state index is 6.04. The second-order valence-electron chi connectivity index (χ2n) is 4.38. The molecule has 0 saturated heterocycles. The van der Waals surface area contributed by atoms with Gasteiger partial charge in [0.2, 0.25) is 0 Å². The van der Waals surface area contributed by atoms with Crippen LogP contribution in [0.5, 0.6) is 0 Å². The predicted molar refractivity (Wildman–Crippen MR) is 64.2 cm³/mol. The lowest BCUT2D eigenvalue weighted by molar-refractivity contribution is 0.206. The van der Waals surface area contributed by atoms with E-state index in [0.717, 1.165) is 18.0 Å². The Morgan fingerprint density at radius 2 is 2.27 bits per heavy atom. The molecule has 82 valence electrons. The van der Waals surface area contributed by atoms with Gasteiger partial charge in [0.05, 0.1) is 0 Å². The molecule has 0 aromatic heterocycles. The van der Waals surface area contributed by atoms with Crippen molar-refractivity contribution in [1.82, 2.24) is 4.90 Å². The third-order valence-electron chi connectivity index (χ3n) is 3.13. The maximum Gasteiger partial charge on any atom is 0.0496 e. The Bertz CT molecular complexity index is 363. The molecule has 0 spiro atoms. The first kappa shape index (κ1) is 10.9. The lowest BCUT2D eigenvalue weighted by Crippen LogP contribution is -2.41. The fraction of sp³-hybridized carbons (Fsp3) is 0.500. The molecule has 1 heterocycles. The van der Waals surface area contributed by atoms with E-state index in [-0.39, 0.29) is 6.04 Å². The maximum atomic E-state index is 6.04. The molecule has 3 heteroatoms. The fourth-order valence-corrected chi connectivity index (χ4v) is 2.61. The monoisotopic (exact) mass is 224 g/mol. The normalized spacial score (nSPS) is 23.6. The highest BCUT2D eigenvalue weighted by atomic mass is 35.5. The molecule has 1 aromatic carbocycles. The molecule has 0 aliphatic carbocycles. The van der Waals surface area contributed by atoms with Gasteiger partial charge in [-0.1, -0.05) is 17.7 Å². The van der Waals surface area contributed by atoms with Gasteiger partial charge in [-0.15, -0.1) is 0 Å². The number of nitrogens with zero attached hydrogens (tertiary/aromatic N) is 1. The van der Waals surface area contributed by atoms with Crippen LogP contribution < -0.4 is 5.73 Å². The van der Waals surface area contributed by atoms with Crippen molar-refractivity contribution in [3.8, 4) is 0 Å². The predicted octanol–water partition coefficient (Wildman–Crippen LogP) is 2.22. The molecule has 0 saturated carbocycles. The van der Waals surface area contributed by atoms with Gasteiger partial charge in [-0.2, -0.15) is 0 Å². The van der Waals surface area contributed by atoms with E-state index in [1.54, 1.807) is 0 Å². The second-order valence-corrected chi connectivity index (χ2v) is 4.81. The number of rotatable bonds is 1. The number of benzene rings is 1. The Morgan fingerprint density at radius 1 is 1.53 bits per heavy atom. The van der Waals surface area contributed by atoms with Crippen molar-refractivity contribution in [2.45, 2.75) is 25.4 Å². The van der Waals surface area contributed by atoms with Crippen LogP contribution in [-0.4, -0.2) is 24.5 Å². The molecule has 1 aliphatic heterocycles.